The molecule has 0 bridgehead atoms. The van der Waals surface area contributed by atoms with Crippen molar-refractivity contribution in [1.82, 2.24) is 9.97 Å². The van der Waals surface area contributed by atoms with Gasteiger partial charge in [0.25, 0.3) is 0 Å². The molecule has 0 radical (unpaired) electrons. The molecule has 0 spiro atoms. The highest BCUT2D eigenvalue weighted by atomic mass is 35.5. The minimum Gasteiger partial charge on any atom is -0.464 e. The molecule has 0 fully saturated rings. The van der Waals surface area contributed by atoms with Crippen LogP contribution in [-0.4, -0.2) is 23.0 Å². The van der Waals surface area contributed by atoms with E-state index in [0.29, 0.717) is 11.3 Å². The van der Waals surface area contributed by atoms with E-state index >= 15 is 0 Å². The normalized spacial score (nSPS) is 9.85. The minimum atomic E-state index is -0.495. The number of hydrogen-bond donors (Lipinski definition) is 0. The van der Waals surface area contributed by atoms with Gasteiger partial charge in [-0.15, -0.1) is 0 Å². The lowest BCUT2D eigenvalue weighted by atomic mass is 10.2. The third-order valence-electron chi connectivity index (χ3n) is 1.74. The summed E-state index contributed by atoms with van der Waals surface area (Å²) in [5, 5.41) is 0.0588. The summed E-state index contributed by atoms with van der Waals surface area (Å²) in [5.74, 6) is -0.495. The second-order valence-electron chi connectivity index (χ2n) is 2.54. The van der Waals surface area contributed by atoms with E-state index in [1.54, 1.807) is 13.8 Å². The van der Waals surface area contributed by atoms with Gasteiger partial charge in [-0.2, -0.15) is 0 Å². The summed E-state index contributed by atoms with van der Waals surface area (Å²) in [6, 6.07) is 0. The molecule has 0 aliphatic carbocycles. The molecule has 0 aromatic carbocycles. The van der Waals surface area contributed by atoms with Gasteiger partial charge in [-0.3, -0.25) is 0 Å². The Morgan fingerprint density at radius 3 is 2.54 bits per heavy atom. The Labute approximate surface area is 80.9 Å². The van der Waals surface area contributed by atoms with E-state index in [9.17, 15) is 4.79 Å². The van der Waals surface area contributed by atoms with E-state index in [1.165, 1.54) is 7.11 Å². The second-order valence-corrected chi connectivity index (χ2v) is 2.88. The molecule has 0 atom stereocenters. The fourth-order valence-electron chi connectivity index (χ4n) is 0.890. The summed E-state index contributed by atoms with van der Waals surface area (Å²) in [6.45, 7) is 3.51. The van der Waals surface area contributed by atoms with Gasteiger partial charge in [0.2, 0.25) is 5.28 Å². The molecule has 1 aromatic rings. The van der Waals surface area contributed by atoms with Crippen LogP contribution in [-0.2, 0) is 4.74 Å². The number of hydrogen-bond acceptors (Lipinski definition) is 4. The number of ether oxygens (including phenoxy) is 1. The summed E-state index contributed by atoms with van der Waals surface area (Å²) in [4.78, 5) is 18.8. The second kappa shape index (κ2) is 3.70. The van der Waals surface area contributed by atoms with E-state index in [4.69, 9.17) is 11.6 Å². The zero-order valence-corrected chi connectivity index (χ0v) is 8.34. The van der Waals surface area contributed by atoms with Gasteiger partial charge in [0, 0.05) is 11.3 Å². The number of nitrogens with zero attached hydrogens (tertiary/aromatic N) is 2. The number of aryl methyl sites for hydroxylation is 1. The van der Waals surface area contributed by atoms with Crippen LogP contribution in [0.4, 0.5) is 0 Å². The molecule has 4 nitrogen and oxygen atoms in total. The molecule has 1 heterocycles. The van der Waals surface area contributed by atoms with Crippen molar-refractivity contribution < 1.29 is 9.53 Å². The molecular weight excluding hydrogens is 192 g/mol. The predicted molar refractivity (Wildman–Crippen MR) is 47.9 cm³/mol. The van der Waals surface area contributed by atoms with E-state index in [1.807, 2.05) is 0 Å². The Bertz CT molecular complexity index is 352. The van der Waals surface area contributed by atoms with Crippen molar-refractivity contribution in [1.29, 1.82) is 0 Å². The molecule has 5 heteroatoms. The number of carbonyl (C=O) groups excluding carboxylic acids is 1. The molecule has 0 saturated carbocycles. The molecule has 0 saturated heterocycles. The van der Waals surface area contributed by atoms with Gasteiger partial charge in [0.1, 0.15) is 0 Å². The van der Waals surface area contributed by atoms with E-state index in [-0.39, 0.29) is 11.0 Å². The number of aromatic nitrogens is 2. The highest BCUT2D eigenvalue weighted by Gasteiger charge is 2.14. The number of halogens is 1. The number of esters is 1. The molecule has 0 aliphatic rings. The third kappa shape index (κ3) is 1.95. The number of methoxy groups -OCH3 is 1. The Hall–Kier alpha value is -1.16. The number of rotatable bonds is 1. The molecule has 0 unspecified atom stereocenters. The quantitative estimate of drug-likeness (QED) is 0.510. The first-order chi connectivity index (χ1) is 6.06. The molecular formula is C8H9ClN2O2. The van der Waals surface area contributed by atoms with Crippen molar-refractivity contribution in [3.63, 3.8) is 0 Å². The molecule has 0 amide bonds. The summed E-state index contributed by atoms with van der Waals surface area (Å²) in [7, 11) is 1.30. The summed E-state index contributed by atoms with van der Waals surface area (Å²) >= 11 is 5.59. The average Bonchev–Trinajstić information content (AvgIpc) is 2.10. The summed E-state index contributed by atoms with van der Waals surface area (Å²) in [6.07, 6.45) is 0. The maximum atomic E-state index is 11.2. The van der Waals surface area contributed by atoms with Crippen LogP contribution in [0.25, 0.3) is 0 Å². The fourth-order valence-corrected chi connectivity index (χ4v) is 1.10. The van der Waals surface area contributed by atoms with Crippen molar-refractivity contribution in [3.05, 3.63) is 22.2 Å². The smallest absolute Gasteiger partial charge is 0.357 e. The molecule has 0 aliphatic heterocycles. The Kier molecular flexibility index (Phi) is 2.83. The van der Waals surface area contributed by atoms with Crippen molar-refractivity contribution in [2.75, 3.05) is 7.11 Å². The van der Waals surface area contributed by atoms with Crippen LogP contribution in [0, 0.1) is 13.8 Å². The van der Waals surface area contributed by atoms with Crippen LogP contribution >= 0.6 is 11.6 Å². The van der Waals surface area contributed by atoms with Crippen LogP contribution < -0.4 is 0 Å². The predicted octanol–water partition coefficient (Wildman–Crippen LogP) is 1.53. The van der Waals surface area contributed by atoms with Gasteiger partial charge in [0.05, 0.1) is 7.11 Å². The molecule has 70 valence electrons. The van der Waals surface area contributed by atoms with Crippen LogP contribution in [0.15, 0.2) is 0 Å². The maximum absolute atomic E-state index is 11.2. The zero-order valence-electron chi connectivity index (χ0n) is 7.59. The largest absolute Gasteiger partial charge is 0.464 e. The zero-order chi connectivity index (χ0) is 10.0. The van der Waals surface area contributed by atoms with Gasteiger partial charge >= 0.3 is 5.97 Å². The Morgan fingerprint density at radius 1 is 1.38 bits per heavy atom. The molecule has 1 rings (SSSR count). The minimum absolute atomic E-state index is 0.0588. The fraction of sp³-hybridized carbons (Fsp3) is 0.375. The Balaban J connectivity index is 3.28. The van der Waals surface area contributed by atoms with E-state index in [0.717, 1.165) is 0 Å². The van der Waals surface area contributed by atoms with Crippen LogP contribution in [0.5, 0.6) is 0 Å². The lowest BCUT2D eigenvalue weighted by Crippen LogP contribution is -2.09. The molecule has 1 aromatic heterocycles. The van der Waals surface area contributed by atoms with Gasteiger partial charge in [-0.05, 0) is 25.4 Å². The third-order valence-corrected chi connectivity index (χ3v) is 1.91. The van der Waals surface area contributed by atoms with Crippen molar-refractivity contribution >= 4 is 17.6 Å². The number of carbonyl (C=O) groups is 1. The van der Waals surface area contributed by atoms with E-state index < -0.39 is 5.97 Å². The standard InChI is InChI=1S/C8H9ClN2O2/c1-4-5(2)10-8(9)11-6(4)7(12)13-3/h1-3H3. The van der Waals surface area contributed by atoms with Crippen molar-refractivity contribution in [2.24, 2.45) is 0 Å². The van der Waals surface area contributed by atoms with Gasteiger partial charge in [-0.1, -0.05) is 0 Å². The average molecular weight is 201 g/mol. The first-order valence-electron chi connectivity index (χ1n) is 3.65. The highest BCUT2D eigenvalue weighted by molar-refractivity contribution is 6.28. The lowest BCUT2D eigenvalue weighted by molar-refractivity contribution is 0.0592. The van der Waals surface area contributed by atoms with Crippen molar-refractivity contribution in [3.8, 4) is 0 Å². The van der Waals surface area contributed by atoms with Gasteiger partial charge < -0.3 is 4.74 Å². The Morgan fingerprint density at radius 2 is 2.00 bits per heavy atom. The monoisotopic (exact) mass is 200 g/mol. The van der Waals surface area contributed by atoms with Crippen LogP contribution in [0.1, 0.15) is 21.7 Å². The topological polar surface area (TPSA) is 52.1 Å². The SMILES string of the molecule is COC(=O)c1nc(Cl)nc(C)c1C. The van der Waals surface area contributed by atoms with Crippen molar-refractivity contribution in [2.45, 2.75) is 13.8 Å². The molecule has 0 N–H and O–H groups in total. The first kappa shape index (κ1) is 9.92. The van der Waals surface area contributed by atoms with Gasteiger partial charge in [0.15, 0.2) is 5.69 Å². The summed E-state index contributed by atoms with van der Waals surface area (Å²) in [5.41, 5.74) is 1.59. The first-order valence-corrected chi connectivity index (χ1v) is 4.03. The maximum Gasteiger partial charge on any atom is 0.357 e. The van der Waals surface area contributed by atoms with Crippen LogP contribution in [0.3, 0.4) is 0 Å². The van der Waals surface area contributed by atoms with Gasteiger partial charge in [-0.25, -0.2) is 14.8 Å². The van der Waals surface area contributed by atoms with Crippen LogP contribution in [0.2, 0.25) is 5.28 Å². The molecule has 13 heavy (non-hydrogen) atoms. The van der Waals surface area contributed by atoms with E-state index in [2.05, 4.69) is 14.7 Å². The highest BCUT2D eigenvalue weighted by Crippen LogP contribution is 2.12. The summed E-state index contributed by atoms with van der Waals surface area (Å²) < 4.78 is 4.54. The lowest BCUT2D eigenvalue weighted by Gasteiger charge is -2.04.